The van der Waals surface area contributed by atoms with Gasteiger partial charge in [-0.1, -0.05) is 18.2 Å². The number of para-hydroxylation sites is 1. The van der Waals surface area contributed by atoms with Gasteiger partial charge in [0.15, 0.2) is 0 Å². The monoisotopic (exact) mass is 246 g/mol. The van der Waals surface area contributed by atoms with Crippen LogP contribution in [0.4, 0.5) is 0 Å². The van der Waals surface area contributed by atoms with Crippen LogP contribution in [0.1, 0.15) is 0 Å². The number of fused-ring (bicyclic) bond motifs is 3. The molecule has 0 amide bonds. The van der Waals surface area contributed by atoms with Crippen molar-refractivity contribution >= 4 is 13.7 Å². The normalized spacial score (nSPS) is 16.7. The molecule has 0 saturated heterocycles. The van der Waals surface area contributed by atoms with Gasteiger partial charge < -0.3 is 14.2 Å². The van der Waals surface area contributed by atoms with E-state index in [0.29, 0.717) is 0 Å². The smallest absolute Gasteiger partial charge is 0.263 e. The van der Waals surface area contributed by atoms with Crippen LogP contribution in [-0.4, -0.2) is 12.0 Å². The molecule has 3 rings (SSSR count). The lowest BCUT2D eigenvalue weighted by molar-refractivity contribution is 0.415. The van der Waals surface area contributed by atoms with Gasteiger partial charge in [-0.05, 0) is 29.8 Å². The van der Waals surface area contributed by atoms with Crippen LogP contribution >= 0.6 is 8.38 Å². The molecule has 1 aliphatic heterocycles. The van der Waals surface area contributed by atoms with Crippen molar-refractivity contribution < 1.29 is 14.2 Å². The predicted octanol–water partition coefficient (Wildman–Crippen LogP) is 2.68. The van der Waals surface area contributed by atoms with Gasteiger partial charge in [0.2, 0.25) is 0 Å². The van der Waals surface area contributed by atoms with E-state index < -0.39 is 8.38 Å². The summed E-state index contributed by atoms with van der Waals surface area (Å²) in [6, 6.07) is 13.4. The number of benzene rings is 2. The summed E-state index contributed by atoms with van der Waals surface area (Å²) in [4.78, 5) is 10.0. The van der Waals surface area contributed by atoms with Gasteiger partial charge in [-0.15, -0.1) is 0 Å². The number of hydrogen-bond donors (Lipinski definition) is 1. The maximum atomic E-state index is 10.0. The first kappa shape index (κ1) is 10.6. The van der Waals surface area contributed by atoms with E-state index in [1.54, 1.807) is 7.11 Å². The Balaban J connectivity index is 2.22. The minimum absolute atomic E-state index is 0.730. The molecule has 4 heteroatoms. The Kier molecular flexibility index (Phi) is 2.50. The SMILES string of the molecule is COc1ccc2c(c1)P(O)Oc1ccccc1-2. The van der Waals surface area contributed by atoms with Crippen LogP contribution in [0.15, 0.2) is 42.5 Å². The Bertz CT molecular complexity index is 568. The van der Waals surface area contributed by atoms with Crippen LogP contribution in [0.5, 0.6) is 11.5 Å². The van der Waals surface area contributed by atoms with Gasteiger partial charge in [0.05, 0.1) is 12.4 Å². The van der Waals surface area contributed by atoms with Gasteiger partial charge in [0.1, 0.15) is 11.5 Å². The lowest BCUT2D eigenvalue weighted by Gasteiger charge is -2.24. The Hall–Kier alpha value is -1.57. The lowest BCUT2D eigenvalue weighted by Crippen LogP contribution is -2.13. The number of hydrogen-bond acceptors (Lipinski definition) is 3. The van der Waals surface area contributed by atoms with Crippen LogP contribution in [0.3, 0.4) is 0 Å². The molecule has 0 bridgehead atoms. The molecule has 0 radical (unpaired) electrons. The molecule has 0 aliphatic carbocycles. The average Bonchev–Trinajstić information content (AvgIpc) is 2.38. The molecular formula is C13H11O3P. The van der Waals surface area contributed by atoms with Gasteiger partial charge in [0.25, 0.3) is 8.38 Å². The van der Waals surface area contributed by atoms with Gasteiger partial charge in [-0.2, -0.15) is 0 Å². The molecule has 1 atom stereocenters. The van der Waals surface area contributed by atoms with Crippen molar-refractivity contribution in [3.05, 3.63) is 42.5 Å². The van der Waals surface area contributed by atoms with E-state index in [1.807, 2.05) is 42.5 Å². The highest BCUT2D eigenvalue weighted by atomic mass is 31.2. The van der Waals surface area contributed by atoms with Crippen molar-refractivity contribution in [2.45, 2.75) is 0 Å². The average molecular weight is 246 g/mol. The van der Waals surface area contributed by atoms with Crippen molar-refractivity contribution in [2.24, 2.45) is 0 Å². The topological polar surface area (TPSA) is 38.7 Å². The van der Waals surface area contributed by atoms with Crippen molar-refractivity contribution in [3.8, 4) is 22.6 Å². The molecule has 2 aromatic carbocycles. The molecule has 0 fully saturated rings. The molecule has 0 aromatic heterocycles. The fourth-order valence-corrected chi connectivity index (χ4v) is 3.02. The second-order valence-corrected chi connectivity index (χ2v) is 4.95. The van der Waals surface area contributed by atoms with Crippen LogP contribution < -0.4 is 14.6 Å². The van der Waals surface area contributed by atoms with E-state index in [2.05, 4.69) is 0 Å². The van der Waals surface area contributed by atoms with Gasteiger partial charge in [-0.3, -0.25) is 0 Å². The van der Waals surface area contributed by atoms with E-state index in [1.165, 1.54) is 0 Å². The molecule has 86 valence electrons. The molecule has 2 aromatic rings. The van der Waals surface area contributed by atoms with E-state index in [9.17, 15) is 4.89 Å². The van der Waals surface area contributed by atoms with Crippen molar-refractivity contribution in [1.29, 1.82) is 0 Å². The Morgan fingerprint density at radius 3 is 2.76 bits per heavy atom. The third-order valence-electron chi connectivity index (χ3n) is 2.77. The van der Waals surface area contributed by atoms with E-state index in [-0.39, 0.29) is 0 Å². The highest BCUT2D eigenvalue weighted by Crippen LogP contribution is 2.46. The molecule has 1 heterocycles. The molecular weight excluding hydrogens is 235 g/mol. The number of ether oxygens (including phenoxy) is 1. The zero-order valence-corrected chi connectivity index (χ0v) is 10.1. The molecule has 1 unspecified atom stereocenters. The molecule has 0 spiro atoms. The van der Waals surface area contributed by atoms with E-state index in [4.69, 9.17) is 9.26 Å². The second-order valence-electron chi connectivity index (χ2n) is 3.74. The van der Waals surface area contributed by atoms with E-state index >= 15 is 0 Å². The highest BCUT2D eigenvalue weighted by Gasteiger charge is 2.25. The third kappa shape index (κ3) is 1.68. The van der Waals surface area contributed by atoms with E-state index in [0.717, 1.165) is 27.9 Å². The minimum atomic E-state index is -1.60. The molecule has 17 heavy (non-hydrogen) atoms. The Labute approximate surface area is 101 Å². The zero-order chi connectivity index (χ0) is 11.8. The van der Waals surface area contributed by atoms with Crippen LogP contribution in [0, 0.1) is 0 Å². The Morgan fingerprint density at radius 2 is 1.94 bits per heavy atom. The third-order valence-corrected chi connectivity index (χ3v) is 3.92. The number of rotatable bonds is 1. The summed E-state index contributed by atoms with van der Waals surface area (Å²) in [5.41, 5.74) is 2.03. The quantitative estimate of drug-likeness (QED) is 0.786. The maximum Gasteiger partial charge on any atom is 0.263 e. The fourth-order valence-electron chi connectivity index (χ4n) is 1.94. The lowest BCUT2D eigenvalue weighted by atomic mass is 10.0. The summed E-state index contributed by atoms with van der Waals surface area (Å²) in [6.07, 6.45) is 0. The predicted molar refractivity (Wildman–Crippen MR) is 67.8 cm³/mol. The first-order valence-electron chi connectivity index (χ1n) is 5.24. The summed E-state index contributed by atoms with van der Waals surface area (Å²) in [7, 11) is 0.0141. The highest BCUT2D eigenvalue weighted by molar-refractivity contribution is 7.56. The molecule has 3 nitrogen and oxygen atoms in total. The summed E-state index contributed by atoms with van der Waals surface area (Å²) in [5.74, 6) is 1.46. The van der Waals surface area contributed by atoms with Crippen molar-refractivity contribution in [3.63, 3.8) is 0 Å². The molecule has 1 aliphatic rings. The van der Waals surface area contributed by atoms with Crippen molar-refractivity contribution in [1.82, 2.24) is 0 Å². The van der Waals surface area contributed by atoms with Gasteiger partial charge in [0, 0.05) is 5.56 Å². The van der Waals surface area contributed by atoms with Crippen LogP contribution in [0.2, 0.25) is 0 Å². The Morgan fingerprint density at radius 1 is 1.12 bits per heavy atom. The van der Waals surface area contributed by atoms with Crippen LogP contribution in [-0.2, 0) is 0 Å². The summed E-state index contributed by atoms with van der Waals surface area (Å²) >= 11 is 0. The summed E-state index contributed by atoms with van der Waals surface area (Å²) in [5, 5.41) is 0.804. The minimum Gasteiger partial charge on any atom is -0.497 e. The second kappa shape index (κ2) is 4.02. The summed E-state index contributed by atoms with van der Waals surface area (Å²) < 4.78 is 10.7. The van der Waals surface area contributed by atoms with Crippen molar-refractivity contribution in [2.75, 3.05) is 7.11 Å². The first-order chi connectivity index (χ1) is 8.29. The van der Waals surface area contributed by atoms with Gasteiger partial charge >= 0.3 is 0 Å². The summed E-state index contributed by atoms with van der Waals surface area (Å²) in [6.45, 7) is 0. The fraction of sp³-hybridized carbons (Fsp3) is 0.0769. The largest absolute Gasteiger partial charge is 0.497 e. The zero-order valence-electron chi connectivity index (χ0n) is 9.25. The standard InChI is InChI=1S/C13H11O3P/c1-15-9-6-7-11-10-4-2-3-5-12(10)16-17(14)13(11)8-9/h2-8,14H,1H3. The van der Waals surface area contributed by atoms with Gasteiger partial charge in [-0.25, -0.2) is 0 Å². The number of methoxy groups -OCH3 is 1. The van der Waals surface area contributed by atoms with Crippen LogP contribution in [0.25, 0.3) is 11.1 Å². The molecule has 0 saturated carbocycles. The maximum absolute atomic E-state index is 10.0. The molecule has 1 N–H and O–H groups in total. The first-order valence-corrected chi connectivity index (χ1v) is 6.45.